The van der Waals surface area contributed by atoms with Gasteiger partial charge in [0, 0.05) is 12.2 Å². The maximum Gasteiger partial charge on any atom is 0.240 e. The van der Waals surface area contributed by atoms with Crippen LogP contribution in [0.1, 0.15) is 24.0 Å². The summed E-state index contributed by atoms with van der Waals surface area (Å²) in [5, 5.41) is 0. The molecule has 0 aromatic heterocycles. The van der Waals surface area contributed by atoms with Crippen LogP contribution in [0.2, 0.25) is 0 Å². The lowest BCUT2D eigenvalue weighted by atomic mass is 10.0. The van der Waals surface area contributed by atoms with E-state index >= 15 is 0 Å². The van der Waals surface area contributed by atoms with Gasteiger partial charge in [-0.25, -0.2) is 13.1 Å². The van der Waals surface area contributed by atoms with Crippen molar-refractivity contribution in [2.24, 2.45) is 0 Å². The summed E-state index contributed by atoms with van der Waals surface area (Å²) in [6, 6.07) is 14.6. The first-order valence-electron chi connectivity index (χ1n) is 6.81. The Hall–Kier alpha value is -1.85. The summed E-state index contributed by atoms with van der Waals surface area (Å²) >= 11 is 0. The fourth-order valence-electron chi connectivity index (χ4n) is 2.00. The molecule has 2 aromatic rings. The molecular weight excluding hydrogens is 284 g/mol. The normalized spacial score (nSPS) is 13.0. The van der Waals surface area contributed by atoms with Crippen LogP contribution in [0.15, 0.2) is 53.4 Å². The van der Waals surface area contributed by atoms with Crippen molar-refractivity contribution in [3.05, 3.63) is 59.7 Å². The minimum Gasteiger partial charge on any atom is -0.398 e. The molecule has 0 bridgehead atoms. The summed E-state index contributed by atoms with van der Waals surface area (Å²) in [6.07, 6.45) is 0. The van der Waals surface area contributed by atoms with Gasteiger partial charge in [0.2, 0.25) is 10.0 Å². The lowest BCUT2D eigenvalue weighted by Gasteiger charge is -2.14. The van der Waals surface area contributed by atoms with E-state index in [2.05, 4.69) is 4.72 Å². The van der Waals surface area contributed by atoms with E-state index in [-0.39, 0.29) is 10.8 Å². The van der Waals surface area contributed by atoms with E-state index in [1.807, 2.05) is 44.2 Å². The zero-order chi connectivity index (χ0) is 15.5. The maximum atomic E-state index is 12.3. The minimum absolute atomic E-state index is 0.101. The van der Waals surface area contributed by atoms with E-state index in [0.29, 0.717) is 12.2 Å². The number of sulfonamides is 1. The molecule has 5 heteroatoms. The van der Waals surface area contributed by atoms with Gasteiger partial charge in [0.15, 0.2) is 0 Å². The number of rotatable bonds is 5. The van der Waals surface area contributed by atoms with Gasteiger partial charge in [0.1, 0.15) is 0 Å². The molecule has 2 aromatic carbocycles. The van der Waals surface area contributed by atoms with Crippen molar-refractivity contribution in [3.8, 4) is 0 Å². The van der Waals surface area contributed by atoms with E-state index in [0.717, 1.165) is 11.1 Å². The summed E-state index contributed by atoms with van der Waals surface area (Å²) in [6.45, 7) is 4.18. The molecule has 4 nitrogen and oxygen atoms in total. The number of hydrogen-bond acceptors (Lipinski definition) is 3. The fraction of sp³-hybridized carbons (Fsp3) is 0.250. The SMILES string of the molecule is Cc1ccc(S(=O)(=O)NCC(C)c2ccccc2)cc1N. The van der Waals surface area contributed by atoms with Crippen molar-refractivity contribution >= 4 is 15.7 Å². The minimum atomic E-state index is -3.53. The lowest BCUT2D eigenvalue weighted by Crippen LogP contribution is -2.27. The fourth-order valence-corrected chi connectivity index (χ4v) is 3.17. The summed E-state index contributed by atoms with van der Waals surface area (Å²) in [5.41, 5.74) is 8.22. The second-order valence-electron chi connectivity index (χ2n) is 5.18. The molecule has 0 radical (unpaired) electrons. The van der Waals surface area contributed by atoms with Crippen LogP contribution in [0.25, 0.3) is 0 Å². The highest BCUT2D eigenvalue weighted by Crippen LogP contribution is 2.18. The number of nitrogen functional groups attached to an aromatic ring is 1. The van der Waals surface area contributed by atoms with Crippen LogP contribution in [0.3, 0.4) is 0 Å². The number of benzene rings is 2. The Balaban J connectivity index is 2.09. The van der Waals surface area contributed by atoms with Crippen molar-refractivity contribution in [2.75, 3.05) is 12.3 Å². The molecule has 2 rings (SSSR count). The molecule has 0 aliphatic heterocycles. The molecule has 0 amide bonds. The average Bonchev–Trinajstić information content (AvgIpc) is 2.48. The van der Waals surface area contributed by atoms with Crippen molar-refractivity contribution in [3.63, 3.8) is 0 Å². The molecule has 3 N–H and O–H groups in total. The predicted octanol–water partition coefficient (Wildman–Crippen LogP) is 2.66. The lowest BCUT2D eigenvalue weighted by molar-refractivity contribution is 0.575. The Morgan fingerprint density at radius 3 is 2.43 bits per heavy atom. The van der Waals surface area contributed by atoms with Crippen LogP contribution in [0.4, 0.5) is 5.69 Å². The molecule has 0 saturated heterocycles. The van der Waals surface area contributed by atoms with E-state index in [4.69, 9.17) is 5.73 Å². The van der Waals surface area contributed by atoms with Crippen LogP contribution in [-0.2, 0) is 10.0 Å². The van der Waals surface area contributed by atoms with Crippen LogP contribution >= 0.6 is 0 Å². The number of hydrogen-bond donors (Lipinski definition) is 2. The van der Waals surface area contributed by atoms with Gasteiger partial charge in [-0.1, -0.05) is 43.3 Å². The van der Waals surface area contributed by atoms with Crippen molar-refractivity contribution in [2.45, 2.75) is 24.7 Å². The molecule has 1 unspecified atom stereocenters. The molecule has 0 aliphatic carbocycles. The van der Waals surface area contributed by atoms with Crippen LogP contribution < -0.4 is 10.5 Å². The van der Waals surface area contributed by atoms with Crippen LogP contribution in [-0.4, -0.2) is 15.0 Å². The van der Waals surface area contributed by atoms with Gasteiger partial charge in [-0.05, 0) is 36.1 Å². The van der Waals surface area contributed by atoms with Gasteiger partial charge in [-0.15, -0.1) is 0 Å². The Morgan fingerprint density at radius 1 is 1.14 bits per heavy atom. The smallest absolute Gasteiger partial charge is 0.240 e. The van der Waals surface area contributed by atoms with Gasteiger partial charge in [0.25, 0.3) is 0 Å². The molecule has 0 spiro atoms. The van der Waals surface area contributed by atoms with Crippen molar-refractivity contribution in [1.82, 2.24) is 4.72 Å². The van der Waals surface area contributed by atoms with Gasteiger partial charge in [0.05, 0.1) is 4.90 Å². The number of aryl methyl sites for hydroxylation is 1. The monoisotopic (exact) mass is 304 g/mol. The third-order valence-corrected chi connectivity index (χ3v) is 4.93. The topological polar surface area (TPSA) is 72.2 Å². The first kappa shape index (κ1) is 15.5. The zero-order valence-electron chi connectivity index (χ0n) is 12.2. The molecule has 0 aliphatic rings. The summed E-state index contributed by atoms with van der Waals surface area (Å²) < 4.78 is 27.2. The van der Waals surface area contributed by atoms with Crippen molar-refractivity contribution in [1.29, 1.82) is 0 Å². The highest BCUT2D eigenvalue weighted by atomic mass is 32.2. The third-order valence-electron chi connectivity index (χ3n) is 3.51. The first-order valence-corrected chi connectivity index (χ1v) is 8.29. The Labute approximate surface area is 126 Å². The predicted molar refractivity (Wildman–Crippen MR) is 85.6 cm³/mol. The second kappa shape index (κ2) is 6.28. The molecule has 112 valence electrons. The van der Waals surface area contributed by atoms with Gasteiger partial charge in [-0.3, -0.25) is 0 Å². The third kappa shape index (κ3) is 3.83. The molecule has 1 atom stereocenters. The largest absolute Gasteiger partial charge is 0.398 e. The van der Waals surface area contributed by atoms with Crippen LogP contribution in [0.5, 0.6) is 0 Å². The first-order chi connectivity index (χ1) is 9.90. The summed E-state index contributed by atoms with van der Waals surface area (Å²) in [7, 11) is -3.53. The van der Waals surface area contributed by atoms with E-state index in [1.54, 1.807) is 12.1 Å². The summed E-state index contributed by atoms with van der Waals surface area (Å²) in [5.74, 6) is 0.101. The number of nitrogens with one attached hydrogen (secondary N) is 1. The highest BCUT2D eigenvalue weighted by molar-refractivity contribution is 7.89. The maximum absolute atomic E-state index is 12.3. The van der Waals surface area contributed by atoms with E-state index in [1.165, 1.54) is 6.07 Å². The molecule has 0 heterocycles. The highest BCUT2D eigenvalue weighted by Gasteiger charge is 2.16. The molecule has 0 saturated carbocycles. The van der Waals surface area contributed by atoms with Gasteiger partial charge < -0.3 is 5.73 Å². The number of nitrogens with two attached hydrogens (primary N) is 1. The Kier molecular flexibility index (Phi) is 4.65. The second-order valence-corrected chi connectivity index (χ2v) is 6.95. The van der Waals surface area contributed by atoms with Gasteiger partial charge >= 0.3 is 0 Å². The van der Waals surface area contributed by atoms with E-state index < -0.39 is 10.0 Å². The van der Waals surface area contributed by atoms with Gasteiger partial charge in [-0.2, -0.15) is 0 Å². The molecular formula is C16H20N2O2S. The average molecular weight is 304 g/mol. The van der Waals surface area contributed by atoms with Crippen LogP contribution in [0, 0.1) is 6.92 Å². The Morgan fingerprint density at radius 2 is 1.81 bits per heavy atom. The van der Waals surface area contributed by atoms with Crippen molar-refractivity contribution < 1.29 is 8.42 Å². The van der Waals surface area contributed by atoms with E-state index in [9.17, 15) is 8.42 Å². The molecule has 0 fully saturated rings. The standard InChI is InChI=1S/C16H20N2O2S/c1-12-8-9-15(10-16(12)17)21(19,20)18-11-13(2)14-6-4-3-5-7-14/h3-10,13,18H,11,17H2,1-2H3. The quantitative estimate of drug-likeness (QED) is 0.834. The number of anilines is 1. The molecule has 21 heavy (non-hydrogen) atoms. The Bertz CT molecular complexity index is 712. The zero-order valence-corrected chi connectivity index (χ0v) is 13.0. The summed E-state index contributed by atoms with van der Waals surface area (Å²) in [4.78, 5) is 0.200.